The summed E-state index contributed by atoms with van der Waals surface area (Å²) < 4.78 is 0. The van der Waals surface area contributed by atoms with Crippen LogP contribution in [0.2, 0.25) is 0 Å². The predicted molar refractivity (Wildman–Crippen MR) is 84.5 cm³/mol. The Kier molecular flexibility index (Phi) is 4.19. The Morgan fingerprint density at radius 3 is 2.82 bits per heavy atom. The SMILES string of the molecule is CC(C)c1ccc2c(n1)CCN(C(=O)[C@@H]1C[C@@H](O)CN1C)C2. The van der Waals surface area contributed by atoms with Crippen LogP contribution in [0.4, 0.5) is 0 Å². The minimum Gasteiger partial charge on any atom is -0.392 e. The summed E-state index contributed by atoms with van der Waals surface area (Å²) in [6, 6.07) is 4.01. The maximum absolute atomic E-state index is 12.7. The predicted octanol–water partition coefficient (Wildman–Crippen LogP) is 1.15. The molecule has 3 rings (SSSR count). The van der Waals surface area contributed by atoms with Crippen LogP contribution in [0.1, 0.15) is 43.1 Å². The summed E-state index contributed by atoms with van der Waals surface area (Å²) in [5.41, 5.74) is 3.41. The van der Waals surface area contributed by atoms with Gasteiger partial charge in [-0.25, -0.2) is 0 Å². The van der Waals surface area contributed by atoms with E-state index in [4.69, 9.17) is 4.98 Å². The molecule has 1 saturated heterocycles. The second-order valence-corrected chi connectivity index (χ2v) is 6.85. The smallest absolute Gasteiger partial charge is 0.240 e. The number of carbonyl (C=O) groups is 1. The van der Waals surface area contributed by atoms with Crippen LogP contribution in [0.25, 0.3) is 0 Å². The zero-order valence-electron chi connectivity index (χ0n) is 13.6. The number of nitrogens with zero attached hydrogens (tertiary/aromatic N) is 3. The molecule has 120 valence electrons. The van der Waals surface area contributed by atoms with Crippen LogP contribution in [-0.2, 0) is 17.8 Å². The molecule has 0 aromatic carbocycles. The summed E-state index contributed by atoms with van der Waals surface area (Å²) in [5.74, 6) is 0.566. The van der Waals surface area contributed by atoms with Crippen molar-refractivity contribution >= 4 is 5.91 Å². The first-order valence-electron chi connectivity index (χ1n) is 8.11. The number of pyridine rings is 1. The number of fused-ring (bicyclic) bond motifs is 1. The lowest BCUT2D eigenvalue weighted by atomic mass is 10.0. The highest BCUT2D eigenvalue weighted by molar-refractivity contribution is 5.82. The molecule has 5 heteroatoms. The molecule has 2 aliphatic heterocycles. The van der Waals surface area contributed by atoms with Gasteiger partial charge in [0.2, 0.25) is 5.91 Å². The van der Waals surface area contributed by atoms with Crippen LogP contribution >= 0.6 is 0 Å². The summed E-state index contributed by atoms with van der Waals surface area (Å²) in [6.45, 7) is 6.24. The maximum atomic E-state index is 12.7. The van der Waals surface area contributed by atoms with Gasteiger partial charge in [-0.2, -0.15) is 0 Å². The Morgan fingerprint density at radius 2 is 2.18 bits per heavy atom. The van der Waals surface area contributed by atoms with E-state index in [1.807, 2.05) is 16.8 Å². The minimum absolute atomic E-state index is 0.137. The largest absolute Gasteiger partial charge is 0.392 e. The molecule has 0 aliphatic carbocycles. The number of hydrogen-bond donors (Lipinski definition) is 1. The summed E-state index contributed by atoms with van der Waals surface area (Å²) in [7, 11) is 1.91. The molecule has 2 atom stereocenters. The molecule has 22 heavy (non-hydrogen) atoms. The van der Waals surface area contributed by atoms with Crippen molar-refractivity contribution in [1.82, 2.24) is 14.8 Å². The number of aromatic nitrogens is 1. The molecule has 1 N–H and O–H groups in total. The molecular weight excluding hydrogens is 278 g/mol. The third kappa shape index (κ3) is 2.88. The minimum atomic E-state index is -0.383. The lowest BCUT2D eigenvalue weighted by molar-refractivity contribution is -0.136. The summed E-state index contributed by atoms with van der Waals surface area (Å²) >= 11 is 0. The van der Waals surface area contributed by atoms with E-state index in [1.165, 1.54) is 0 Å². The van der Waals surface area contributed by atoms with Gasteiger partial charge >= 0.3 is 0 Å². The first kappa shape index (κ1) is 15.4. The Morgan fingerprint density at radius 1 is 1.41 bits per heavy atom. The second kappa shape index (κ2) is 5.97. The van der Waals surface area contributed by atoms with Gasteiger partial charge in [-0.15, -0.1) is 0 Å². The van der Waals surface area contributed by atoms with Crippen LogP contribution < -0.4 is 0 Å². The fourth-order valence-corrected chi connectivity index (χ4v) is 3.41. The Hall–Kier alpha value is -1.46. The van der Waals surface area contributed by atoms with Crippen molar-refractivity contribution < 1.29 is 9.90 Å². The third-order valence-electron chi connectivity index (χ3n) is 4.78. The number of hydrogen-bond acceptors (Lipinski definition) is 4. The third-order valence-corrected chi connectivity index (χ3v) is 4.78. The second-order valence-electron chi connectivity index (χ2n) is 6.85. The highest BCUT2D eigenvalue weighted by Crippen LogP contribution is 2.24. The number of carbonyl (C=O) groups excluding carboxylic acids is 1. The number of likely N-dealkylation sites (tertiary alicyclic amines) is 1. The lowest BCUT2D eigenvalue weighted by Crippen LogP contribution is -2.46. The zero-order valence-corrected chi connectivity index (χ0v) is 13.6. The highest BCUT2D eigenvalue weighted by Gasteiger charge is 2.36. The van der Waals surface area contributed by atoms with Gasteiger partial charge in [-0.3, -0.25) is 14.7 Å². The number of likely N-dealkylation sites (N-methyl/N-ethyl adjacent to an activating group) is 1. The fourth-order valence-electron chi connectivity index (χ4n) is 3.41. The van der Waals surface area contributed by atoms with E-state index >= 15 is 0 Å². The van der Waals surface area contributed by atoms with Gasteiger partial charge in [0, 0.05) is 37.4 Å². The number of rotatable bonds is 2. The molecule has 1 fully saturated rings. The van der Waals surface area contributed by atoms with Crippen molar-refractivity contribution in [3.8, 4) is 0 Å². The molecule has 1 amide bonds. The standard InChI is InChI=1S/C17H25N3O2/c1-11(2)14-5-4-12-9-20(7-6-15(12)18-14)17(22)16-8-13(21)10-19(16)3/h4-5,11,13,16,21H,6-10H2,1-3H3/t13-,16+/m1/s1. The quantitative estimate of drug-likeness (QED) is 0.890. The molecule has 0 unspecified atom stereocenters. The number of aliphatic hydroxyl groups excluding tert-OH is 1. The molecule has 1 aromatic rings. The van der Waals surface area contributed by atoms with E-state index < -0.39 is 0 Å². The number of amides is 1. The van der Waals surface area contributed by atoms with Crippen LogP contribution in [0, 0.1) is 0 Å². The normalized spacial score (nSPS) is 25.6. The number of aliphatic hydroxyl groups is 1. The van der Waals surface area contributed by atoms with E-state index in [9.17, 15) is 9.90 Å². The van der Waals surface area contributed by atoms with Gasteiger partial charge in [-0.1, -0.05) is 19.9 Å². The van der Waals surface area contributed by atoms with Gasteiger partial charge in [0.25, 0.3) is 0 Å². The van der Waals surface area contributed by atoms with Gasteiger partial charge in [0.1, 0.15) is 0 Å². The van der Waals surface area contributed by atoms with Gasteiger partial charge < -0.3 is 10.0 Å². The summed E-state index contributed by atoms with van der Waals surface area (Å²) in [5, 5.41) is 9.74. The van der Waals surface area contributed by atoms with E-state index in [0.29, 0.717) is 25.4 Å². The van der Waals surface area contributed by atoms with E-state index in [1.54, 1.807) is 0 Å². The van der Waals surface area contributed by atoms with Crippen LogP contribution in [0.5, 0.6) is 0 Å². The monoisotopic (exact) mass is 303 g/mol. The topological polar surface area (TPSA) is 56.7 Å². The number of β-amino-alcohol motifs (C(OH)–C–C–N with tert-alkyl or cyclic N) is 1. The molecular formula is C17H25N3O2. The molecule has 1 aromatic heterocycles. The highest BCUT2D eigenvalue weighted by atomic mass is 16.3. The molecule has 0 spiro atoms. The van der Waals surface area contributed by atoms with Crippen molar-refractivity contribution in [2.45, 2.75) is 51.3 Å². The van der Waals surface area contributed by atoms with Gasteiger partial charge in [-0.05, 0) is 31.0 Å². The summed E-state index contributed by atoms with van der Waals surface area (Å²) in [4.78, 5) is 21.3. The van der Waals surface area contributed by atoms with Gasteiger partial charge in [0.15, 0.2) is 0 Å². The van der Waals surface area contributed by atoms with Crippen molar-refractivity contribution in [3.63, 3.8) is 0 Å². The Balaban J connectivity index is 1.73. The van der Waals surface area contributed by atoms with Crippen molar-refractivity contribution in [3.05, 3.63) is 29.1 Å². The van der Waals surface area contributed by atoms with E-state index in [-0.39, 0.29) is 18.1 Å². The van der Waals surface area contributed by atoms with Gasteiger partial charge in [0.05, 0.1) is 12.1 Å². The molecule has 0 saturated carbocycles. The van der Waals surface area contributed by atoms with Crippen LogP contribution in [-0.4, -0.2) is 58.1 Å². The average Bonchev–Trinajstić information content (AvgIpc) is 2.84. The van der Waals surface area contributed by atoms with E-state index in [0.717, 1.165) is 29.9 Å². The van der Waals surface area contributed by atoms with Crippen molar-refractivity contribution in [2.24, 2.45) is 0 Å². The molecule has 2 aliphatic rings. The average molecular weight is 303 g/mol. The van der Waals surface area contributed by atoms with E-state index in [2.05, 4.69) is 26.0 Å². The molecule has 5 nitrogen and oxygen atoms in total. The molecule has 3 heterocycles. The molecule has 0 bridgehead atoms. The van der Waals surface area contributed by atoms with Crippen molar-refractivity contribution in [2.75, 3.05) is 20.1 Å². The maximum Gasteiger partial charge on any atom is 0.240 e. The van der Waals surface area contributed by atoms with Crippen LogP contribution in [0.15, 0.2) is 12.1 Å². The zero-order chi connectivity index (χ0) is 15.9. The fraction of sp³-hybridized carbons (Fsp3) is 0.647. The summed E-state index contributed by atoms with van der Waals surface area (Å²) in [6.07, 6.45) is 0.982. The van der Waals surface area contributed by atoms with Crippen LogP contribution in [0.3, 0.4) is 0 Å². The molecule has 0 radical (unpaired) electrons. The Labute approximate surface area is 131 Å². The Bertz CT molecular complexity index is 573. The first-order chi connectivity index (χ1) is 10.5. The lowest BCUT2D eigenvalue weighted by Gasteiger charge is -2.32. The van der Waals surface area contributed by atoms with Crippen molar-refractivity contribution in [1.29, 1.82) is 0 Å². The first-order valence-corrected chi connectivity index (χ1v) is 8.11.